The topological polar surface area (TPSA) is 0 Å². The molecular formula is C22H14Br2. The van der Waals surface area contributed by atoms with Crippen LogP contribution >= 0.6 is 31.9 Å². The Bertz CT molecular complexity index is 922. The zero-order valence-corrected chi connectivity index (χ0v) is 16.0. The molecule has 116 valence electrons. The summed E-state index contributed by atoms with van der Waals surface area (Å²) in [6.45, 7) is 0. The fourth-order valence-corrected chi connectivity index (χ4v) is 3.95. The van der Waals surface area contributed by atoms with E-state index < -0.39 is 0 Å². The third-order valence-electron chi connectivity index (χ3n) is 4.22. The van der Waals surface area contributed by atoms with E-state index in [-0.39, 0.29) is 0 Å². The Morgan fingerprint density at radius 3 is 1.21 bits per heavy atom. The lowest BCUT2D eigenvalue weighted by atomic mass is 9.91. The van der Waals surface area contributed by atoms with Crippen LogP contribution in [0.25, 0.3) is 33.0 Å². The van der Waals surface area contributed by atoms with Crippen molar-refractivity contribution in [3.63, 3.8) is 0 Å². The van der Waals surface area contributed by atoms with Gasteiger partial charge in [-0.05, 0) is 57.3 Å². The number of hydrogen-bond donors (Lipinski definition) is 0. The highest BCUT2D eigenvalue weighted by Gasteiger charge is 2.12. The van der Waals surface area contributed by atoms with Gasteiger partial charge < -0.3 is 0 Å². The molecule has 0 bridgehead atoms. The van der Waals surface area contributed by atoms with E-state index in [9.17, 15) is 0 Å². The summed E-state index contributed by atoms with van der Waals surface area (Å²) < 4.78 is 2.22. The van der Waals surface area contributed by atoms with Gasteiger partial charge in [-0.15, -0.1) is 0 Å². The second kappa shape index (κ2) is 6.54. The lowest BCUT2D eigenvalue weighted by Gasteiger charge is -2.14. The van der Waals surface area contributed by atoms with Gasteiger partial charge in [0.25, 0.3) is 0 Å². The third kappa shape index (κ3) is 2.81. The normalized spacial score (nSPS) is 10.9. The van der Waals surface area contributed by atoms with Crippen molar-refractivity contribution in [2.45, 2.75) is 0 Å². The molecule has 0 saturated carbocycles. The molecule has 4 aromatic rings. The number of hydrogen-bond acceptors (Lipinski definition) is 0. The molecule has 0 unspecified atom stereocenters. The van der Waals surface area contributed by atoms with Crippen molar-refractivity contribution in [1.82, 2.24) is 0 Å². The highest BCUT2D eigenvalue weighted by Crippen LogP contribution is 2.40. The van der Waals surface area contributed by atoms with Crippen molar-refractivity contribution in [3.8, 4) is 22.3 Å². The highest BCUT2D eigenvalue weighted by atomic mass is 79.9. The predicted octanol–water partition coefficient (Wildman–Crippen LogP) is 7.70. The minimum atomic E-state index is 1.11. The molecule has 0 atom stereocenters. The van der Waals surface area contributed by atoms with Gasteiger partial charge in [0, 0.05) is 8.95 Å². The van der Waals surface area contributed by atoms with Gasteiger partial charge in [0.2, 0.25) is 0 Å². The van der Waals surface area contributed by atoms with Crippen molar-refractivity contribution in [2.75, 3.05) is 0 Å². The van der Waals surface area contributed by atoms with Gasteiger partial charge in [-0.25, -0.2) is 0 Å². The average molecular weight is 438 g/mol. The second-order valence-electron chi connectivity index (χ2n) is 5.70. The fraction of sp³-hybridized carbons (Fsp3) is 0. The molecule has 0 fully saturated rings. The molecule has 0 spiro atoms. The monoisotopic (exact) mass is 436 g/mol. The summed E-state index contributed by atoms with van der Waals surface area (Å²) >= 11 is 7.40. The molecule has 24 heavy (non-hydrogen) atoms. The lowest BCUT2D eigenvalue weighted by Crippen LogP contribution is -1.88. The van der Waals surface area contributed by atoms with Crippen LogP contribution in [0.1, 0.15) is 0 Å². The number of halogens is 2. The van der Waals surface area contributed by atoms with Gasteiger partial charge in [0.05, 0.1) is 0 Å². The number of benzene rings is 4. The van der Waals surface area contributed by atoms with E-state index in [0.29, 0.717) is 0 Å². The molecule has 0 aromatic heterocycles. The summed E-state index contributed by atoms with van der Waals surface area (Å²) in [7, 11) is 0. The summed E-state index contributed by atoms with van der Waals surface area (Å²) in [5.41, 5.74) is 4.94. The Morgan fingerprint density at radius 1 is 0.458 bits per heavy atom. The third-order valence-corrected chi connectivity index (χ3v) is 5.60. The molecule has 0 heterocycles. The van der Waals surface area contributed by atoms with Crippen LogP contribution in [-0.4, -0.2) is 0 Å². The van der Waals surface area contributed by atoms with E-state index in [1.54, 1.807) is 0 Å². The standard InChI is InChI=1S/C22H14Br2/c23-21-11-12-22(24)20-14-18(16-9-5-2-6-10-16)17(13-19(20)21)15-7-3-1-4-8-15/h1-14H. The van der Waals surface area contributed by atoms with E-state index in [2.05, 4.69) is 117 Å². The van der Waals surface area contributed by atoms with Crippen molar-refractivity contribution >= 4 is 42.6 Å². The summed E-state index contributed by atoms with van der Waals surface area (Å²) in [4.78, 5) is 0. The summed E-state index contributed by atoms with van der Waals surface area (Å²) in [5, 5.41) is 2.42. The molecule has 0 aliphatic rings. The van der Waals surface area contributed by atoms with Gasteiger partial charge in [-0.2, -0.15) is 0 Å². The van der Waals surface area contributed by atoms with Crippen molar-refractivity contribution < 1.29 is 0 Å². The zero-order valence-electron chi connectivity index (χ0n) is 12.8. The molecular weight excluding hydrogens is 424 g/mol. The van der Waals surface area contributed by atoms with Gasteiger partial charge in [0.1, 0.15) is 0 Å². The maximum atomic E-state index is 3.70. The maximum Gasteiger partial charge on any atom is 0.0254 e. The molecule has 0 N–H and O–H groups in total. The zero-order chi connectivity index (χ0) is 16.5. The molecule has 0 saturated heterocycles. The van der Waals surface area contributed by atoms with Gasteiger partial charge >= 0.3 is 0 Å². The highest BCUT2D eigenvalue weighted by molar-refractivity contribution is 9.11. The summed E-state index contributed by atoms with van der Waals surface area (Å²) in [6.07, 6.45) is 0. The first kappa shape index (κ1) is 15.6. The SMILES string of the molecule is Brc1ccc(Br)c2cc(-c3ccccc3)c(-c3ccccc3)cc12. The number of fused-ring (bicyclic) bond motifs is 1. The Kier molecular flexibility index (Phi) is 4.26. The van der Waals surface area contributed by atoms with Crippen LogP contribution in [0.4, 0.5) is 0 Å². The average Bonchev–Trinajstić information content (AvgIpc) is 2.65. The van der Waals surface area contributed by atoms with E-state index in [4.69, 9.17) is 0 Å². The van der Waals surface area contributed by atoms with Crippen LogP contribution in [-0.2, 0) is 0 Å². The van der Waals surface area contributed by atoms with Crippen molar-refractivity contribution in [1.29, 1.82) is 0 Å². The van der Waals surface area contributed by atoms with Gasteiger partial charge in [-0.3, -0.25) is 0 Å². The second-order valence-corrected chi connectivity index (χ2v) is 7.41. The van der Waals surface area contributed by atoms with Crippen LogP contribution in [0.2, 0.25) is 0 Å². The van der Waals surface area contributed by atoms with Crippen LogP contribution in [0.3, 0.4) is 0 Å². The fourth-order valence-electron chi connectivity index (χ4n) is 3.03. The molecule has 0 aliphatic carbocycles. The molecule has 4 aromatic carbocycles. The van der Waals surface area contributed by atoms with E-state index >= 15 is 0 Å². The Morgan fingerprint density at radius 2 is 0.833 bits per heavy atom. The van der Waals surface area contributed by atoms with Gasteiger partial charge in [-0.1, -0.05) is 92.5 Å². The minimum absolute atomic E-state index is 1.11. The minimum Gasteiger partial charge on any atom is -0.0622 e. The summed E-state index contributed by atoms with van der Waals surface area (Å²) in [6, 6.07) is 29.9. The molecule has 4 rings (SSSR count). The van der Waals surface area contributed by atoms with Crippen LogP contribution in [0.15, 0.2) is 93.9 Å². The first-order chi connectivity index (χ1) is 11.7. The molecule has 0 aliphatic heterocycles. The Balaban J connectivity index is 2.10. The Hall–Kier alpha value is -1.90. The number of rotatable bonds is 2. The van der Waals surface area contributed by atoms with Crippen molar-refractivity contribution in [3.05, 3.63) is 93.9 Å². The Labute approximate surface area is 158 Å². The molecule has 2 heteroatoms. The first-order valence-electron chi connectivity index (χ1n) is 7.76. The predicted molar refractivity (Wildman–Crippen MR) is 110 cm³/mol. The van der Waals surface area contributed by atoms with E-state index in [0.717, 1.165) is 8.95 Å². The van der Waals surface area contributed by atoms with Crippen LogP contribution in [0, 0.1) is 0 Å². The maximum absolute atomic E-state index is 3.70. The smallest absolute Gasteiger partial charge is 0.0254 e. The first-order valence-corrected chi connectivity index (χ1v) is 9.35. The summed E-state index contributed by atoms with van der Waals surface area (Å²) in [5.74, 6) is 0. The van der Waals surface area contributed by atoms with Crippen molar-refractivity contribution in [2.24, 2.45) is 0 Å². The molecule has 0 amide bonds. The van der Waals surface area contributed by atoms with Crippen LogP contribution < -0.4 is 0 Å². The quantitative estimate of drug-likeness (QED) is 0.301. The molecule has 0 radical (unpaired) electrons. The van der Waals surface area contributed by atoms with Crippen LogP contribution in [0.5, 0.6) is 0 Å². The lowest BCUT2D eigenvalue weighted by molar-refractivity contribution is 1.59. The van der Waals surface area contributed by atoms with E-state index in [1.165, 1.54) is 33.0 Å². The van der Waals surface area contributed by atoms with Gasteiger partial charge in [0.15, 0.2) is 0 Å². The molecule has 0 nitrogen and oxygen atoms in total. The van der Waals surface area contributed by atoms with E-state index in [1.807, 2.05) is 0 Å². The largest absolute Gasteiger partial charge is 0.0622 e.